The Morgan fingerprint density at radius 3 is 2.40 bits per heavy atom. The van der Waals surface area contributed by atoms with E-state index in [1.807, 2.05) is 0 Å². The first-order valence-corrected chi connectivity index (χ1v) is 6.58. The van der Waals surface area contributed by atoms with E-state index >= 15 is 0 Å². The summed E-state index contributed by atoms with van der Waals surface area (Å²) in [7, 11) is 0. The number of aliphatic imine (C=N–C) groups is 1. The number of thiocarbonyl (C=S) groups is 1. The van der Waals surface area contributed by atoms with Crippen LogP contribution in [0.3, 0.4) is 0 Å². The number of likely N-dealkylation sites (tertiary alicyclic amines) is 1. The average Bonchev–Trinajstić information content (AvgIpc) is 2.74. The highest BCUT2D eigenvalue weighted by Gasteiger charge is 2.23. The number of isothiocyanates is 1. The molecule has 0 aromatic rings. The highest BCUT2D eigenvalue weighted by atomic mass is 32.1. The standard InChI is InChI=1S/C12H20N2S/c15-10-13-12-5-3-11(4-6-12)9-14-7-1-2-8-14/h11-12H,1-9H2/t11-,12-. The highest BCUT2D eigenvalue weighted by molar-refractivity contribution is 7.78. The van der Waals surface area contributed by atoms with Crippen molar-refractivity contribution in [2.45, 2.75) is 44.6 Å². The van der Waals surface area contributed by atoms with Gasteiger partial charge in [-0.1, -0.05) is 0 Å². The molecule has 0 aromatic carbocycles. The zero-order valence-corrected chi connectivity index (χ0v) is 10.1. The molecule has 0 amide bonds. The molecule has 2 nitrogen and oxygen atoms in total. The molecule has 84 valence electrons. The van der Waals surface area contributed by atoms with Crippen molar-refractivity contribution in [3.05, 3.63) is 0 Å². The van der Waals surface area contributed by atoms with Crippen LogP contribution in [0.15, 0.2) is 4.99 Å². The van der Waals surface area contributed by atoms with E-state index in [4.69, 9.17) is 0 Å². The van der Waals surface area contributed by atoms with E-state index in [1.165, 1.54) is 58.2 Å². The molecule has 1 saturated heterocycles. The monoisotopic (exact) mass is 224 g/mol. The molecule has 2 aliphatic rings. The molecule has 1 aliphatic heterocycles. The first-order valence-electron chi connectivity index (χ1n) is 6.18. The summed E-state index contributed by atoms with van der Waals surface area (Å²) in [6, 6.07) is 0.484. The zero-order chi connectivity index (χ0) is 10.5. The molecule has 3 heteroatoms. The first kappa shape index (κ1) is 11.3. The van der Waals surface area contributed by atoms with Crippen molar-refractivity contribution in [1.29, 1.82) is 0 Å². The summed E-state index contributed by atoms with van der Waals surface area (Å²) >= 11 is 4.65. The maximum absolute atomic E-state index is 4.65. The molecule has 0 unspecified atom stereocenters. The van der Waals surface area contributed by atoms with Gasteiger partial charge in [0.25, 0.3) is 0 Å². The second-order valence-electron chi connectivity index (χ2n) is 4.90. The van der Waals surface area contributed by atoms with Gasteiger partial charge >= 0.3 is 0 Å². The summed E-state index contributed by atoms with van der Waals surface area (Å²) in [6.45, 7) is 3.99. The van der Waals surface area contributed by atoms with E-state index in [0.717, 1.165) is 5.92 Å². The summed E-state index contributed by atoms with van der Waals surface area (Å²) in [5.41, 5.74) is 0. The maximum atomic E-state index is 4.65. The van der Waals surface area contributed by atoms with Crippen molar-refractivity contribution in [1.82, 2.24) is 4.90 Å². The predicted molar refractivity (Wildman–Crippen MR) is 66.4 cm³/mol. The number of nitrogens with zero attached hydrogens (tertiary/aromatic N) is 2. The van der Waals surface area contributed by atoms with Gasteiger partial charge < -0.3 is 4.90 Å². The molecule has 0 N–H and O–H groups in total. The second-order valence-corrected chi connectivity index (χ2v) is 5.09. The molecule has 0 aromatic heterocycles. The minimum absolute atomic E-state index is 0.484. The Bertz CT molecular complexity index is 234. The van der Waals surface area contributed by atoms with Crippen LogP contribution in [0.1, 0.15) is 38.5 Å². The molecule has 15 heavy (non-hydrogen) atoms. The third kappa shape index (κ3) is 3.37. The lowest BCUT2D eigenvalue weighted by Gasteiger charge is -2.29. The van der Waals surface area contributed by atoms with E-state index in [9.17, 15) is 0 Å². The quantitative estimate of drug-likeness (QED) is 0.541. The summed E-state index contributed by atoms with van der Waals surface area (Å²) < 4.78 is 0. The number of hydrogen-bond acceptors (Lipinski definition) is 3. The Hall–Kier alpha value is -0.240. The predicted octanol–water partition coefficient (Wildman–Crippen LogP) is 2.74. The van der Waals surface area contributed by atoms with E-state index in [-0.39, 0.29) is 0 Å². The lowest BCUT2D eigenvalue weighted by molar-refractivity contribution is 0.225. The van der Waals surface area contributed by atoms with Crippen molar-refractivity contribution in [3.8, 4) is 0 Å². The van der Waals surface area contributed by atoms with Crippen LogP contribution >= 0.6 is 12.2 Å². The molecule has 0 radical (unpaired) electrons. The van der Waals surface area contributed by atoms with Gasteiger partial charge in [-0.15, -0.1) is 0 Å². The Morgan fingerprint density at radius 1 is 1.13 bits per heavy atom. The van der Waals surface area contributed by atoms with Crippen LogP contribution in [0.4, 0.5) is 0 Å². The first-order chi connectivity index (χ1) is 7.38. The van der Waals surface area contributed by atoms with Crippen molar-refractivity contribution in [3.63, 3.8) is 0 Å². The molecule has 1 heterocycles. The van der Waals surface area contributed by atoms with Crippen LogP contribution in [0.2, 0.25) is 0 Å². The fourth-order valence-electron chi connectivity index (χ4n) is 2.86. The van der Waals surface area contributed by atoms with Gasteiger partial charge in [0.15, 0.2) is 0 Å². The van der Waals surface area contributed by atoms with Gasteiger partial charge in [0.1, 0.15) is 0 Å². The van der Waals surface area contributed by atoms with Gasteiger partial charge in [-0.25, -0.2) is 4.99 Å². The Kier molecular flexibility index (Phi) is 4.30. The van der Waals surface area contributed by atoms with Gasteiger partial charge in [-0.05, 0) is 69.8 Å². The smallest absolute Gasteiger partial charge is 0.0603 e. The van der Waals surface area contributed by atoms with Crippen molar-refractivity contribution in [2.75, 3.05) is 19.6 Å². The summed E-state index contributed by atoms with van der Waals surface area (Å²) in [5, 5.41) is 2.52. The normalized spacial score (nSPS) is 32.5. The fourth-order valence-corrected chi connectivity index (χ4v) is 3.01. The van der Waals surface area contributed by atoms with E-state index in [2.05, 4.69) is 27.3 Å². The van der Waals surface area contributed by atoms with Gasteiger partial charge in [-0.3, -0.25) is 0 Å². The second kappa shape index (κ2) is 5.74. The van der Waals surface area contributed by atoms with Gasteiger partial charge in [0, 0.05) is 6.54 Å². The van der Waals surface area contributed by atoms with E-state index in [1.54, 1.807) is 0 Å². The van der Waals surface area contributed by atoms with Crippen LogP contribution in [0.5, 0.6) is 0 Å². The van der Waals surface area contributed by atoms with Gasteiger partial charge in [0.05, 0.1) is 11.2 Å². The van der Waals surface area contributed by atoms with Crippen molar-refractivity contribution < 1.29 is 0 Å². The summed E-state index contributed by atoms with van der Waals surface area (Å²) in [4.78, 5) is 6.83. The summed E-state index contributed by atoms with van der Waals surface area (Å²) in [6.07, 6.45) is 7.93. The number of rotatable bonds is 3. The molecule has 2 rings (SSSR count). The largest absolute Gasteiger partial charge is 0.303 e. The molecular weight excluding hydrogens is 204 g/mol. The van der Waals surface area contributed by atoms with E-state index in [0.29, 0.717) is 6.04 Å². The minimum Gasteiger partial charge on any atom is -0.303 e. The number of hydrogen-bond donors (Lipinski definition) is 0. The third-order valence-electron chi connectivity index (χ3n) is 3.77. The van der Waals surface area contributed by atoms with Gasteiger partial charge in [0.2, 0.25) is 0 Å². The molecule has 1 aliphatic carbocycles. The Labute approximate surface area is 97.8 Å². The molecule has 0 atom stereocenters. The third-order valence-corrected chi connectivity index (χ3v) is 3.87. The lowest BCUT2D eigenvalue weighted by Crippen LogP contribution is -2.30. The van der Waals surface area contributed by atoms with Crippen LogP contribution in [-0.2, 0) is 0 Å². The van der Waals surface area contributed by atoms with Crippen molar-refractivity contribution >= 4 is 17.4 Å². The Morgan fingerprint density at radius 2 is 1.80 bits per heavy atom. The van der Waals surface area contributed by atoms with E-state index < -0.39 is 0 Å². The van der Waals surface area contributed by atoms with Gasteiger partial charge in [-0.2, -0.15) is 0 Å². The SMILES string of the molecule is S=C=N[C@H]1CC[C@H](CN2CCCC2)CC1. The zero-order valence-electron chi connectivity index (χ0n) is 9.32. The maximum Gasteiger partial charge on any atom is 0.0603 e. The summed E-state index contributed by atoms with van der Waals surface area (Å²) in [5.74, 6) is 0.916. The van der Waals surface area contributed by atoms with Crippen LogP contribution in [0, 0.1) is 5.92 Å². The van der Waals surface area contributed by atoms with Crippen LogP contribution < -0.4 is 0 Å². The van der Waals surface area contributed by atoms with Crippen LogP contribution in [-0.4, -0.2) is 35.7 Å². The lowest BCUT2D eigenvalue weighted by atomic mass is 9.86. The fraction of sp³-hybridized carbons (Fsp3) is 0.917. The molecule has 1 saturated carbocycles. The molecule has 2 fully saturated rings. The molecule has 0 spiro atoms. The Balaban J connectivity index is 1.70. The van der Waals surface area contributed by atoms with Crippen LogP contribution in [0.25, 0.3) is 0 Å². The molecular formula is C12H20N2S. The average molecular weight is 224 g/mol. The topological polar surface area (TPSA) is 15.6 Å². The van der Waals surface area contributed by atoms with Crippen molar-refractivity contribution in [2.24, 2.45) is 10.9 Å². The molecule has 0 bridgehead atoms. The minimum atomic E-state index is 0.484. The highest BCUT2D eigenvalue weighted by Crippen LogP contribution is 2.27.